The number of aliphatic hydroxyl groups excluding tert-OH is 1. The lowest BCUT2D eigenvalue weighted by atomic mass is 9.99. The van der Waals surface area contributed by atoms with Crippen molar-refractivity contribution in [1.29, 1.82) is 0 Å². The number of esters is 4. The van der Waals surface area contributed by atoms with Gasteiger partial charge in [-0.15, -0.1) is 0 Å². The number of carbonyl (C=O) groups is 4. The molecule has 17 nitrogen and oxygen atoms in total. The number of carbonyl (C=O) groups excluding carboxylic acids is 4. The standard InChI is InChI=1S/C71H138O17P2/c1-9-64(8)50-42-34-26-17-11-13-19-29-37-45-53-70(75)87-67(58-82-69(74)52-44-36-28-22-21-25-33-41-49-63(6)7)60-86-90(79,80)84-56-65(72)55-83-89(77,78)85-59-66(88-71(76)54-46-38-30-20-14-16-24-32-40-48-62(4)5)57-81-68(73)51-43-35-27-18-12-10-15-23-31-39-47-61(2)3/h61-67,72H,9-60H2,1-8H3,(H,77,78)(H,79,80)/t64?,65?,66-,67-/m1/s1. The van der Waals surface area contributed by atoms with Crippen LogP contribution in [0.15, 0.2) is 0 Å². The van der Waals surface area contributed by atoms with E-state index >= 15 is 0 Å². The summed E-state index contributed by atoms with van der Waals surface area (Å²) >= 11 is 0. The molecule has 0 aromatic heterocycles. The van der Waals surface area contributed by atoms with E-state index in [1.54, 1.807) is 0 Å². The lowest BCUT2D eigenvalue weighted by molar-refractivity contribution is -0.161. The lowest BCUT2D eigenvalue weighted by Gasteiger charge is -2.21. The summed E-state index contributed by atoms with van der Waals surface area (Å²) in [5.41, 5.74) is 0. The summed E-state index contributed by atoms with van der Waals surface area (Å²) < 4.78 is 68.3. The summed E-state index contributed by atoms with van der Waals surface area (Å²) in [5, 5.41) is 10.6. The molecule has 534 valence electrons. The number of ether oxygens (including phenoxy) is 4. The number of unbranched alkanes of at least 4 members (excludes halogenated alkanes) is 33. The van der Waals surface area contributed by atoms with Crippen molar-refractivity contribution in [1.82, 2.24) is 0 Å². The number of phosphoric acid groups is 2. The third-order valence-electron chi connectivity index (χ3n) is 16.7. The molecule has 0 fully saturated rings. The zero-order valence-electron chi connectivity index (χ0n) is 58.8. The van der Waals surface area contributed by atoms with E-state index < -0.39 is 97.5 Å². The SMILES string of the molecule is CCC(C)CCCCCCCCCCCCC(=O)O[C@H](COC(=O)CCCCCCCCCCC(C)C)COP(=O)(O)OCC(O)COP(=O)(O)OC[C@@H](COC(=O)CCCCCCCCCCCCC(C)C)OC(=O)CCCCCCCCCCCC(C)C. The molecule has 19 heteroatoms. The molecular weight excluding hydrogens is 1190 g/mol. The summed E-state index contributed by atoms with van der Waals surface area (Å²) in [5.74, 6) is 0.896. The molecule has 0 radical (unpaired) electrons. The molecule has 0 heterocycles. The predicted molar refractivity (Wildman–Crippen MR) is 363 cm³/mol. The minimum atomic E-state index is -4.95. The van der Waals surface area contributed by atoms with E-state index in [1.165, 1.54) is 154 Å². The van der Waals surface area contributed by atoms with Gasteiger partial charge in [0.05, 0.1) is 26.4 Å². The summed E-state index contributed by atoms with van der Waals surface area (Å²) in [4.78, 5) is 72.6. The molecule has 0 rings (SSSR count). The summed E-state index contributed by atoms with van der Waals surface area (Å²) in [6.45, 7) is 14.1. The highest BCUT2D eigenvalue weighted by Gasteiger charge is 2.30. The Balaban J connectivity index is 5.27. The van der Waals surface area contributed by atoms with Gasteiger partial charge in [-0.1, -0.05) is 299 Å². The highest BCUT2D eigenvalue weighted by atomic mass is 31.2. The minimum absolute atomic E-state index is 0.104. The predicted octanol–water partition coefficient (Wildman–Crippen LogP) is 20.1. The molecule has 4 unspecified atom stereocenters. The number of hydrogen-bond donors (Lipinski definition) is 3. The minimum Gasteiger partial charge on any atom is -0.462 e. The zero-order valence-corrected chi connectivity index (χ0v) is 60.6. The maximum absolute atomic E-state index is 13.0. The van der Waals surface area contributed by atoms with Crippen LogP contribution in [-0.2, 0) is 65.4 Å². The van der Waals surface area contributed by atoms with Crippen LogP contribution >= 0.6 is 15.6 Å². The van der Waals surface area contributed by atoms with Crippen LogP contribution in [0.25, 0.3) is 0 Å². The Bertz CT molecular complexity index is 1780. The first-order valence-corrected chi connectivity index (χ1v) is 39.7. The molecule has 0 spiro atoms. The van der Waals surface area contributed by atoms with Gasteiger partial charge in [0.25, 0.3) is 0 Å². The van der Waals surface area contributed by atoms with Crippen LogP contribution in [-0.4, -0.2) is 96.7 Å². The highest BCUT2D eigenvalue weighted by Crippen LogP contribution is 2.45. The van der Waals surface area contributed by atoms with Crippen molar-refractivity contribution in [3.05, 3.63) is 0 Å². The fourth-order valence-electron chi connectivity index (χ4n) is 10.6. The van der Waals surface area contributed by atoms with Crippen LogP contribution < -0.4 is 0 Å². The highest BCUT2D eigenvalue weighted by molar-refractivity contribution is 7.47. The van der Waals surface area contributed by atoms with Gasteiger partial charge in [0.2, 0.25) is 0 Å². The van der Waals surface area contributed by atoms with Crippen molar-refractivity contribution in [2.45, 2.75) is 369 Å². The maximum Gasteiger partial charge on any atom is 0.472 e. The van der Waals surface area contributed by atoms with E-state index in [1.807, 2.05) is 0 Å². The van der Waals surface area contributed by atoms with Gasteiger partial charge in [-0.25, -0.2) is 9.13 Å². The van der Waals surface area contributed by atoms with E-state index in [4.69, 9.17) is 37.0 Å². The van der Waals surface area contributed by atoms with Gasteiger partial charge in [-0.05, 0) is 49.4 Å². The van der Waals surface area contributed by atoms with Gasteiger partial charge in [0, 0.05) is 25.7 Å². The topological polar surface area (TPSA) is 237 Å². The Morgan fingerprint density at radius 3 is 0.789 bits per heavy atom. The molecule has 0 aliphatic rings. The van der Waals surface area contributed by atoms with Crippen LogP contribution in [0.5, 0.6) is 0 Å². The quantitative estimate of drug-likeness (QED) is 0.0222. The summed E-state index contributed by atoms with van der Waals surface area (Å²) in [6, 6.07) is 0. The second kappa shape index (κ2) is 60.7. The van der Waals surface area contributed by atoms with Gasteiger partial charge >= 0.3 is 39.5 Å². The van der Waals surface area contributed by atoms with Gasteiger partial charge in [0.15, 0.2) is 12.2 Å². The number of hydrogen-bond acceptors (Lipinski definition) is 15. The molecule has 3 N–H and O–H groups in total. The van der Waals surface area contributed by atoms with E-state index in [0.717, 1.165) is 114 Å². The van der Waals surface area contributed by atoms with Gasteiger partial charge in [0.1, 0.15) is 19.3 Å². The Kier molecular flexibility index (Phi) is 59.4. The Morgan fingerprint density at radius 2 is 0.533 bits per heavy atom. The Hall–Kier alpha value is -1.94. The van der Waals surface area contributed by atoms with Gasteiger partial charge in [-0.2, -0.15) is 0 Å². The monoisotopic (exact) mass is 1320 g/mol. The Labute approximate surface area is 549 Å². The maximum atomic E-state index is 13.0. The molecule has 0 aromatic rings. The van der Waals surface area contributed by atoms with Crippen LogP contribution in [0.3, 0.4) is 0 Å². The zero-order chi connectivity index (χ0) is 66.8. The third-order valence-corrected chi connectivity index (χ3v) is 18.6. The van der Waals surface area contributed by atoms with Crippen LogP contribution in [0.4, 0.5) is 0 Å². The molecule has 90 heavy (non-hydrogen) atoms. The third kappa shape index (κ3) is 63.5. The second-order valence-electron chi connectivity index (χ2n) is 27.3. The normalized spacial score (nSPS) is 14.6. The van der Waals surface area contributed by atoms with Gasteiger partial charge in [-0.3, -0.25) is 37.3 Å². The largest absolute Gasteiger partial charge is 0.472 e. The smallest absolute Gasteiger partial charge is 0.462 e. The van der Waals surface area contributed by atoms with Crippen LogP contribution in [0.1, 0.15) is 351 Å². The first-order valence-electron chi connectivity index (χ1n) is 36.7. The van der Waals surface area contributed by atoms with E-state index in [-0.39, 0.29) is 25.7 Å². The van der Waals surface area contributed by atoms with Crippen molar-refractivity contribution in [2.24, 2.45) is 23.7 Å². The molecule has 6 atom stereocenters. The number of phosphoric ester groups is 2. The van der Waals surface area contributed by atoms with Gasteiger partial charge < -0.3 is 33.8 Å². The van der Waals surface area contributed by atoms with Crippen molar-refractivity contribution >= 4 is 39.5 Å². The van der Waals surface area contributed by atoms with Crippen molar-refractivity contribution in [3.8, 4) is 0 Å². The molecule has 0 saturated heterocycles. The van der Waals surface area contributed by atoms with E-state index in [2.05, 4.69) is 55.4 Å². The molecule has 0 bridgehead atoms. The molecule has 0 saturated carbocycles. The summed E-state index contributed by atoms with van der Waals surface area (Å²) in [7, 11) is -9.91. The van der Waals surface area contributed by atoms with E-state index in [0.29, 0.717) is 25.7 Å². The second-order valence-corrected chi connectivity index (χ2v) is 30.2. The molecule has 0 aromatic carbocycles. The lowest BCUT2D eigenvalue weighted by Crippen LogP contribution is -2.30. The van der Waals surface area contributed by atoms with Crippen LogP contribution in [0, 0.1) is 23.7 Å². The molecule has 0 aliphatic heterocycles. The average molecular weight is 1330 g/mol. The van der Waals surface area contributed by atoms with Crippen molar-refractivity contribution in [3.63, 3.8) is 0 Å². The van der Waals surface area contributed by atoms with Crippen LogP contribution in [0.2, 0.25) is 0 Å². The summed E-state index contributed by atoms with van der Waals surface area (Å²) in [6.07, 6.45) is 43.0. The Morgan fingerprint density at radius 1 is 0.311 bits per heavy atom. The number of rotatable bonds is 68. The average Bonchev–Trinajstić information content (AvgIpc) is 2.82. The van der Waals surface area contributed by atoms with E-state index in [9.17, 15) is 43.2 Å². The fraction of sp³-hybridized carbons (Fsp3) is 0.944. The molecular formula is C71H138O17P2. The molecule has 0 amide bonds. The molecule has 0 aliphatic carbocycles. The first kappa shape index (κ1) is 88.1. The number of aliphatic hydroxyl groups is 1. The van der Waals surface area contributed by atoms with Crippen molar-refractivity contribution in [2.75, 3.05) is 39.6 Å². The first-order chi connectivity index (χ1) is 43.1. The fourth-order valence-corrected chi connectivity index (χ4v) is 12.2. The van der Waals surface area contributed by atoms with Crippen molar-refractivity contribution < 1.29 is 80.2 Å².